The molecular formula is C22H24N4O3S. The van der Waals surface area contributed by atoms with Crippen molar-refractivity contribution in [3.8, 4) is 0 Å². The Bertz CT molecular complexity index is 1180. The summed E-state index contributed by atoms with van der Waals surface area (Å²) >= 11 is 5.15. The molecule has 7 nitrogen and oxygen atoms in total. The van der Waals surface area contributed by atoms with Crippen LogP contribution < -0.4 is 10.9 Å². The van der Waals surface area contributed by atoms with Crippen molar-refractivity contribution in [3.63, 3.8) is 0 Å². The van der Waals surface area contributed by atoms with Gasteiger partial charge in [-0.25, -0.2) is 0 Å². The minimum absolute atomic E-state index is 0.183. The molecule has 1 saturated heterocycles. The normalized spacial score (nSPS) is 14.7. The van der Waals surface area contributed by atoms with Gasteiger partial charge in [-0.1, -0.05) is 24.3 Å². The number of rotatable bonds is 5. The molecule has 0 saturated carbocycles. The van der Waals surface area contributed by atoms with Crippen molar-refractivity contribution in [2.24, 2.45) is 7.05 Å². The first-order valence-electron chi connectivity index (χ1n) is 9.90. The van der Waals surface area contributed by atoms with Crippen LogP contribution in [0.3, 0.4) is 0 Å². The SMILES string of the molecule is Cn1c(=S)[nH]c2cc(C(=O)NCc3ccc(CN4CCOCC4)cc3)ccc2c1=O. The number of ether oxygens (including phenoxy) is 1. The second-order valence-electron chi connectivity index (χ2n) is 7.44. The van der Waals surface area contributed by atoms with E-state index in [9.17, 15) is 9.59 Å². The minimum atomic E-state index is -0.200. The fourth-order valence-corrected chi connectivity index (χ4v) is 3.70. The van der Waals surface area contributed by atoms with Crippen LogP contribution in [0.4, 0.5) is 0 Å². The molecular weight excluding hydrogens is 400 g/mol. The van der Waals surface area contributed by atoms with Gasteiger partial charge in [-0.15, -0.1) is 0 Å². The van der Waals surface area contributed by atoms with Crippen LogP contribution in [-0.2, 0) is 24.9 Å². The second kappa shape index (κ2) is 8.91. The molecule has 0 radical (unpaired) electrons. The van der Waals surface area contributed by atoms with Crippen molar-refractivity contribution in [2.75, 3.05) is 26.3 Å². The summed E-state index contributed by atoms with van der Waals surface area (Å²) < 4.78 is 7.08. The molecule has 8 heteroatoms. The highest BCUT2D eigenvalue weighted by atomic mass is 32.1. The number of carbonyl (C=O) groups is 1. The Morgan fingerprint density at radius 2 is 1.83 bits per heavy atom. The van der Waals surface area contributed by atoms with E-state index in [0.717, 1.165) is 38.4 Å². The van der Waals surface area contributed by atoms with Crippen molar-refractivity contribution >= 4 is 29.0 Å². The van der Waals surface area contributed by atoms with Gasteiger partial charge in [0.25, 0.3) is 11.5 Å². The molecule has 3 aromatic rings. The third kappa shape index (κ3) is 4.51. The summed E-state index contributed by atoms with van der Waals surface area (Å²) in [6.07, 6.45) is 0. The van der Waals surface area contributed by atoms with Crippen LogP contribution in [0.5, 0.6) is 0 Å². The van der Waals surface area contributed by atoms with Crippen LogP contribution in [0, 0.1) is 4.77 Å². The molecule has 0 atom stereocenters. The number of nitrogens with one attached hydrogen (secondary N) is 2. The van der Waals surface area contributed by atoms with Crippen molar-refractivity contribution in [3.05, 3.63) is 74.3 Å². The average molecular weight is 425 g/mol. The summed E-state index contributed by atoms with van der Waals surface area (Å²) in [5.41, 5.74) is 3.13. The number of morpholine rings is 1. The summed E-state index contributed by atoms with van der Waals surface area (Å²) in [5, 5.41) is 3.43. The van der Waals surface area contributed by atoms with E-state index in [1.807, 2.05) is 12.1 Å². The Morgan fingerprint density at radius 3 is 2.57 bits per heavy atom. The molecule has 2 aromatic carbocycles. The summed E-state index contributed by atoms with van der Waals surface area (Å²) in [6, 6.07) is 13.2. The number of amides is 1. The molecule has 0 unspecified atom stereocenters. The summed E-state index contributed by atoms with van der Waals surface area (Å²) in [5.74, 6) is -0.200. The lowest BCUT2D eigenvalue weighted by atomic mass is 10.1. The third-order valence-electron chi connectivity index (χ3n) is 5.35. The molecule has 1 amide bonds. The predicted octanol–water partition coefficient (Wildman–Crippen LogP) is 2.36. The highest BCUT2D eigenvalue weighted by Crippen LogP contribution is 2.12. The summed E-state index contributed by atoms with van der Waals surface area (Å²) in [6.45, 7) is 4.84. The first kappa shape index (κ1) is 20.5. The number of nitrogens with zero attached hydrogens (tertiary/aromatic N) is 2. The van der Waals surface area contributed by atoms with Crippen LogP contribution in [0.15, 0.2) is 47.3 Å². The van der Waals surface area contributed by atoms with E-state index in [2.05, 4.69) is 27.3 Å². The molecule has 1 fully saturated rings. The largest absolute Gasteiger partial charge is 0.379 e. The Hall–Kier alpha value is -2.81. The number of fused-ring (bicyclic) bond motifs is 1. The van der Waals surface area contributed by atoms with Crippen LogP contribution in [0.1, 0.15) is 21.5 Å². The zero-order valence-corrected chi connectivity index (χ0v) is 17.6. The maximum Gasteiger partial charge on any atom is 0.261 e. The van der Waals surface area contributed by atoms with Crippen molar-refractivity contribution in [2.45, 2.75) is 13.1 Å². The van der Waals surface area contributed by atoms with Gasteiger partial charge >= 0.3 is 0 Å². The molecule has 2 heterocycles. The number of aromatic amines is 1. The van der Waals surface area contributed by atoms with Crippen LogP contribution in [0.25, 0.3) is 10.9 Å². The number of carbonyl (C=O) groups excluding carboxylic acids is 1. The molecule has 2 N–H and O–H groups in total. The molecule has 0 aliphatic carbocycles. The van der Waals surface area contributed by atoms with Gasteiger partial charge in [0.1, 0.15) is 0 Å². The van der Waals surface area contributed by atoms with Gasteiger partial charge in [0, 0.05) is 38.8 Å². The van der Waals surface area contributed by atoms with E-state index < -0.39 is 0 Å². The highest BCUT2D eigenvalue weighted by molar-refractivity contribution is 7.71. The Kier molecular flexibility index (Phi) is 6.08. The highest BCUT2D eigenvalue weighted by Gasteiger charge is 2.11. The lowest BCUT2D eigenvalue weighted by Gasteiger charge is -2.26. The summed E-state index contributed by atoms with van der Waals surface area (Å²) in [7, 11) is 1.62. The Morgan fingerprint density at radius 1 is 1.13 bits per heavy atom. The average Bonchev–Trinajstić information content (AvgIpc) is 2.77. The van der Waals surface area contributed by atoms with Gasteiger partial charge in [0.05, 0.1) is 24.1 Å². The second-order valence-corrected chi connectivity index (χ2v) is 7.83. The van der Waals surface area contributed by atoms with Crippen molar-refractivity contribution in [1.29, 1.82) is 0 Å². The molecule has 1 aliphatic heterocycles. The van der Waals surface area contributed by atoms with E-state index in [1.165, 1.54) is 10.1 Å². The lowest BCUT2D eigenvalue weighted by molar-refractivity contribution is 0.0342. The van der Waals surface area contributed by atoms with E-state index in [1.54, 1.807) is 25.2 Å². The van der Waals surface area contributed by atoms with Gasteiger partial charge < -0.3 is 15.0 Å². The molecule has 30 heavy (non-hydrogen) atoms. The molecule has 4 rings (SSSR count). The standard InChI is InChI=1S/C22H24N4O3S/c1-25-21(28)18-7-6-17(12-19(18)24-22(25)30)20(27)23-13-15-2-4-16(5-3-15)14-26-8-10-29-11-9-26/h2-7,12H,8-11,13-14H2,1H3,(H,23,27)(H,24,30). The van der Waals surface area contributed by atoms with E-state index in [-0.39, 0.29) is 11.5 Å². The molecule has 0 spiro atoms. The smallest absolute Gasteiger partial charge is 0.261 e. The third-order valence-corrected chi connectivity index (χ3v) is 5.72. The maximum absolute atomic E-state index is 12.6. The molecule has 0 bridgehead atoms. The van der Waals surface area contributed by atoms with E-state index in [0.29, 0.717) is 27.8 Å². The van der Waals surface area contributed by atoms with Gasteiger partial charge in [-0.05, 0) is 41.5 Å². The van der Waals surface area contributed by atoms with Crippen LogP contribution >= 0.6 is 12.2 Å². The topological polar surface area (TPSA) is 79.4 Å². The first-order chi connectivity index (χ1) is 14.5. The first-order valence-corrected chi connectivity index (χ1v) is 10.3. The minimum Gasteiger partial charge on any atom is -0.379 e. The molecule has 156 valence electrons. The van der Waals surface area contributed by atoms with Crippen molar-refractivity contribution in [1.82, 2.24) is 19.8 Å². The number of benzene rings is 2. The summed E-state index contributed by atoms with van der Waals surface area (Å²) in [4.78, 5) is 30.2. The predicted molar refractivity (Wildman–Crippen MR) is 118 cm³/mol. The van der Waals surface area contributed by atoms with Gasteiger partial charge in [0.15, 0.2) is 4.77 Å². The number of hydrogen-bond donors (Lipinski definition) is 2. The quantitative estimate of drug-likeness (QED) is 0.615. The van der Waals surface area contributed by atoms with E-state index >= 15 is 0 Å². The van der Waals surface area contributed by atoms with Gasteiger partial charge in [0.2, 0.25) is 0 Å². The van der Waals surface area contributed by atoms with Gasteiger partial charge in [-0.3, -0.25) is 19.1 Å². The van der Waals surface area contributed by atoms with E-state index in [4.69, 9.17) is 17.0 Å². The van der Waals surface area contributed by atoms with Crippen LogP contribution in [0.2, 0.25) is 0 Å². The molecule has 1 aromatic heterocycles. The fraction of sp³-hybridized carbons (Fsp3) is 0.318. The molecule has 1 aliphatic rings. The number of hydrogen-bond acceptors (Lipinski definition) is 5. The van der Waals surface area contributed by atoms with Gasteiger partial charge in [-0.2, -0.15) is 0 Å². The maximum atomic E-state index is 12.6. The monoisotopic (exact) mass is 424 g/mol. The zero-order chi connectivity index (χ0) is 21.1. The zero-order valence-electron chi connectivity index (χ0n) is 16.8. The van der Waals surface area contributed by atoms with Crippen molar-refractivity contribution < 1.29 is 9.53 Å². The Balaban J connectivity index is 1.40. The lowest BCUT2D eigenvalue weighted by Crippen LogP contribution is -2.35. The number of aromatic nitrogens is 2. The fourth-order valence-electron chi connectivity index (χ4n) is 3.51. The number of H-pyrrole nitrogens is 1. The Labute approximate surface area is 179 Å². The van der Waals surface area contributed by atoms with Crippen LogP contribution in [-0.4, -0.2) is 46.7 Å².